The number of nitrogens with zero attached hydrogens (tertiary/aromatic N) is 2. The zero-order valence-corrected chi connectivity index (χ0v) is 29.5. The molecule has 2 heterocycles. The van der Waals surface area contributed by atoms with Crippen LogP contribution in [0.2, 0.25) is 0 Å². The standard InChI is InChI=1S/C33H29FI2N2O5S/c1-5-41-24-12-10-20(11-13-24)29-28(32(40)43-18(2)3)19(4)37-33-38(29)31(39)27(44-33)15-22-14-23(35)16-26(36)30(22)42-17-21-8-6-7-9-25(21)34/h6-16,18,29H,5,17H2,1-4H3/b27-15+/t29-/m1/s1. The van der Waals surface area contributed by atoms with Gasteiger partial charge in [-0.05, 0) is 115 Å². The van der Waals surface area contributed by atoms with Crippen LogP contribution in [0.15, 0.2) is 81.7 Å². The van der Waals surface area contributed by atoms with Crippen LogP contribution in [-0.2, 0) is 16.1 Å². The molecule has 11 heteroatoms. The van der Waals surface area contributed by atoms with Crippen molar-refractivity contribution in [2.75, 3.05) is 6.61 Å². The van der Waals surface area contributed by atoms with Gasteiger partial charge < -0.3 is 14.2 Å². The van der Waals surface area contributed by atoms with Crippen LogP contribution >= 0.6 is 56.5 Å². The van der Waals surface area contributed by atoms with Crippen LogP contribution in [0.25, 0.3) is 6.08 Å². The van der Waals surface area contributed by atoms with E-state index in [9.17, 15) is 14.0 Å². The van der Waals surface area contributed by atoms with Gasteiger partial charge >= 0.3 is 5.97 Å². The van der Waals surface area contributed by atoms with Crippen LogP contribution in [0.4, 0.5) is 4.39 Å². The summed E-state index contributed by atoms with van der Waals surface area (Å²) in [6.45, 7) is 7.77. The van der Waals surface area contributed by atoms with Crippen LogP contribution < -0.4 is 24.4 Å². The van der Waals surface area contributed by atoms with E-state index in [1.165, 1.54) is 17.4 Å². The lowest BCUT2D eigenvalue weighted by Crippen LogP contribution is -2.40. The molecule has 1 aromatic heterocycles. The molecule has 1 atom stereocenters. The van der Waals surface area contributed by atoms with E-state index in [1.54, 1.807) is 49.6 Å². The van der Waals surface area contributed by atoms with Gasteiger partial charge in [0.25, 0.3) is 5.56 Å². The lowest BCUT2D eigenvalue weighted by atomic mass is 9.96. The molecule has 0 radical (unpaired) electrons. The van der Waals surface area contributed by atoms with Crippen molar-refractivity contribution < 1.29 is 23.4 Å². The lowest BCUT2D eigenvalue weighted by molar-refractivity contribution is -0.143. The quantitative estimate of drug-likeness (QED) is 0.142. The average Bonchev–Trinajstić information content (AvgIpc) is 3.26. The Hall–Kier alpha value is -3.04. The van der Waals surface area contributed by atoms with Crippen molar-refractivity contribution in [3.63, 3.8) is 0 Å². The van der Waals surface area contributed by atoms with E-state index in [2.05, 4.69) is 50.2 Å². The van der Waals surface area contributed by atoms with Gasteiger partial charge in [-0.2, -0.15) is 0 Å². The summed E-state index contributed by atoms with van der Waals surface area (Å²) in [6, 6.07) is 16.9. The normalized spacial score (nSPS) is 14.8. The fourth-order valence-electron chi connectivity index (χ4n) is 4.84. The second kappa shape index (κ2) is 13.9. The van der Waals surface area contributed by atoms with Gasteiger partial charge in [0.15, 0.2) is 4.80 Å². The Bertz CT molecular complexity index is 1930. The van der Waals surface area contributed by atoms with Crippen molar-refractivity contribution in [2.45, 2.75) is 46.4 Å². The number of rotatable bonds is 9. The van der Waals surface area contributed by atoms with Gasteiger partial charge in [0.2, 0.25) is 0 Å². The molecule has 1 aliphatic rings. The summed E-state index contributed by atoms with van der Waals surface area (Å²) in [5.74, 6) is 0.358. The van der Waals surface area contributed by atoms with E-state index in [-0.39, 0.29) is 24.1 Å². The van der Waals surface area contributed by atoms with Crippen molar-refractivity contribution in [1.82, 2.24) is 4.57 Å². The molecule has 0 saturated heterocycles. The predicted molar refractivity (Wildman–Crippen MR) is 185 cm³/mol. The first-order valence-corrected chi connectivity index (χ1v) is 16.9. The molecule has 228 valence electrons. The summed E-state index contributed by atoms with van der Waals surface area (Å²) in [4.78, 5) is 32.7. The van der Waals surface area contributed by atoms with Crippen LogP contribution in [-0.4, -0.2) is 23.2 Å². The molecule has 0 N–H and O–H groups in total. The highest BCUT2D eigenvalue weighted by atomic mass is 127. The van der Waals surface area contributed by atoms with E-state index >= 15 is 0 Å². The maximum absolute atomic E-state index is 14.3. The molecule has 5 rings (SSSR count). The molecule has 0 amide bonds. The fraction of sp³-hybridized carbons (Fsp3) is 0.242. The highest BCUT2D eigenvalue weighted by Crippen LogP contribution is 2.33. The molecule has 3 aromatic carbocycles. The van der Waals surface area contributed by atoms with Crippen molar-refractivity contribution in [3.8, 4) is 11.5 Å². The van der Waals surface area contributed by atoms with Crippen LogP contribution in [0, 0.1) is 13.0 Å². The summed E-state index contributed by atoms with van der Waals surface area (Å²) in [6.07, 6.45) is 1.42. The Morgan fingerprint density at radius 3 is 2.52 bits per heavy atom. The smallest absolute Gasteiger partial charge is 0.338 e. The third-order valence-corrected chi connectivity index (χ3v) is 9.15. The molecule has 0 aliphatic carbocycles. The first-order valence-electron chi connectivity index (χ1n) is 13.9. The maximum atomic E-state index is 14.3. The summed E-state index contributed by atoms with van der Waals surface area (Å²) >= 11 is 5.63. The molecule has 0 bridgehead atoms. The van der Waals surface area contributed by atoms with Gasteiger partial charge in [-0.15, -0.1) is 0 Å². The Morgan fingerprint density at radius 1 is 1.11 bits per heavy atom. The molecular weight excluding hydrogens is 809 g/mol. The highest BCUT2D eigenvalue weighted by molar-refractivity contribution is 14.1. The monoisotopic (exact) mass is 838 g/mol. The molecule has 1 aliphatic heterocycles. The Balaban J connectivity index is 1.64. The molecule has 0 spiro atoms. The highest BCUT2D eigenvalue weighted by Gasteiger charge is 2.34. The number of esters is 1. The van der Waals surface area contributed by atoms with E-state index in [0.717, 1.165) is 12.7 Å². The van der Waals surface area contributed by atoms with Crippen LogP contribution in [0.5, 0.6) is 11.5 Å². The maximum Gasteiger partial charge on any atom is 0.338 e. The number of fused-ring (bicyclic) bond motifs is 1. The number of carbonyl (C=O) groups excluding carboxylic acids is 1. The Kier molecular flexibility index (Phi) is 10.3. The van der Waals surface area contributed by atoms with E-state index in [1.807, 2.05) is 43.3 Å². The molecule has 44 heavy (non-hydrogen) atoms. The molecular formula is C33H29FI2N2O5S. The third-order valence-electron chi connectivity index (χ3n) is 6.74. The third kappa shape index (κ3) is 6.94. The topological polar surface area (TPSA) is 79.1 Å². The van der Waals surface area contributed by atoms with Crippen LogP contribution in [0.1, 0.15) is 50.4 Å². The predicted octanol–water partition coefficient (Wildman–Crippen LogP) is 6.51. The molecule has 0 unspecified atom stereocenters. The van der Waals surface area contributed by atoms with Gasteiger partial charge in [-0.25, -0.2) is 14.2 Å². The molecule has 7 nitrogen and oxygen atoms in total. The zero-order chi connectivity index (χ0) is 31.5. The first-order chi connectivity index (χ1) is 21.1. The molecule has 0 fully saturated rings. The Labute approximate surface area is 285 Å². The fourth-order valence-corrected chi connectivity index (χ4v) is 7.92. The number of allylic oxidation sites excluding steroid dienone is 1. The van der Waals surface area contributed by atoms with Crippen molar-refractivity contribution in [2.24, 2.45) is 4.99 Å². The average molecular weight is 838 g/mol. The second-order valence-electron chi connectivity index (χ2n) is 10.2. The summed E-state index contributed by atoms with van der Waals surface area (Å²) in [5.41, 5.74) is 2.32. The number of carbonyl (C=O) groups is 1. The van der Waals surface area contributed by atoms with Gasteiger partial charge in [0.1, 0.15) is 23.9 Å². The van der Waals surface area contributed by atoms with Gasteiger partial charge in [0, 0.05) is 14.7 Å². The Morgan fingerprint density at radius 2 is 1.84 bits per heavy atom. The number of benzene rings is 3. The van der Waals surface area contributed by atoms with Gasteiger partial charge in [-0.1, -0.05) is 41.7 Å². The van der Waals surface area contributed by atoms with E-state index in [0.29, 0.717) is 49.8 Å². The number of hydrogen-bond acceptors (Lipinski definition) is 7. The SMILES string of the molecule is CCOc1ccc([C@@H]2C(C(=O)OC(C)C)=C(C)N=c3s/c(=C/c4cc(I)cc(I)c4OCc4ccccc4F)c(=O)n32)cc1. The van der Waals surface area contributed by atoms with E-state index in [4.69, 9.17) is 14.2 Å². The van der Waals surface area contributed by atoms with Crippen molar-refractivity contribution >= 4 is 68.6 Å². The lowest BCUT2D eigenvalue weighted by Gasteiger charge is -2.25. The van der Waals surface area contributed by atoms with E-state index < -0.39 is 12.0 Å². The number of aromatic nitrogens is 1. The second-order valence-corrected chi connectivity index (χ2v) is 13.6. The van der Waals surface area contributed by atoms with Crippen LogP contribution in [0.3, 0.4) is 0 Å². The number of hydrogen-bond donors (Lipinski definition) is 0. The summed E-state index contributed by atoms with van der Waals surface area (Å²) in [5, 5.41) is 0. The molecule has 4 aromatic rings. The number of ether oxygens (including phenoxy) is 3. The van der Waals surface area contributed by atoms with Gasteiger partial charge in [-0.3, -0.25) is 9.36 Å². The van der Waals surface area contributed by atoms with Gasteiger partial charge in [0.05, 0.1) is 38.1 Å². The first kappa shape index (κ1) is 32.4. The number of thiazole rings is 1. The minimum absolute atomic E-state index is 0.0314. The van der Waals surface area contributed by atoms with Crippen molar-refractivity contribution in [3.05, 3.63) is 121 Å². The summed E-state index contributed by atoms with van der Waals surface area (Å²) < 4.78 is 35.4. The minimum Gasteiger partial charge on any atom is -0.494 e. The zero-order valence-electron chi connectivity index (χ0n) is 24.4. The minimum atomic E-state index is -0.747. The largest absolute Gasteiger partial charge is 0.494 e. The summed E-state index contributed by atoms with van der Waals surface area (Å²) in [7, 11) is 0. The number of halogens is 3. The molecule has 0 saturated carbocycles. The van der Waals surface area contributed by atoms with Crippen molar-refractivity contribution in [1.29, 1.82) is 0 Å².